The normalized spacial score (nSPS) is 18.6. The van der Waals surface area contributed by atoms with Gasteiger partial charge in [-0.05, 0) is 32.0 Å². The summed E-state index contributed by atoms with van der Waals surface area (Å²) in [7, 11) is 0. The molecule has 1 aliphatic heterocycles. The summed E-state index contributed by atoms with van der Waals surface area (Å²) in [5.74, 6) is -0.626. The van der Waals surface area contributed by atoms with E-state index in [1.807, 2.05) is 0 Å². The second-order valence-corrected chi connectivity index (χ2v) is 9.31. The Labute approximate surface area is 212 Å². The molecule has 0 saturated carbocycles. The summed E-state index contributed by atoms with van der Waals surface area (Å²) in [6, 6.07) is 3.55. The molecule has 38 heavy (non-hydrogen) atoms. The second-order valence-electron chi connectivity index (χ2n) is 9.31. The minimum atomic E-state index is -4.52. The Morgan fingerprint density at radius 3 is 2.68 bits per heavy atom. The predicted molar refractivity (Wildman–Crippen MR) is 129 cm³/mol. The number of nitrogen functional groups attached to an aromatic ring is 1. The minimum absolute atomic E-state index is 0.0459. The Morgan fingerprint density at radius 2 is 1.92 bits per heavy atom. The van der Waals surface area contributed by atoms with Gasteiger partial charge in [0.1, 0.15) is 28.6 Å². The van der Waals surface area contributed by atoms with Crippen LogP contribution in [-0.4, -0.2) is 53.8 Å². The van der Waals surface area contributed by atoms with Crippen LogP contribution in [0.2, 0.25) is 0 Å². The van der Waals surface area contributed by atoms with E-state index >= 15 is 4.39 Å². The molecule has 1 aliphatic rings. The number of hydrogen-bond donors (Lipinski definition) is 1. The highest BCUT2D eigenvalue weighted by molar-refractivity contribution is 5.99. The van der Waals surface area contributed by atoms with E-state index in [-0.39, 0.29) is 35.8 Å². The molecule has 5 heterocycles. The van der Waals surface area contributed by atoms with Gasteiger partial charge < -0.3 is 19.8 Å². The number of fused-ring (bicyclic) bond motifs is 4. The molecule has 4 aromatic heterocycles. The number of nitrogens with two attached hydrogens (primary N) is 1. The van der Waals surface area contributed by atoms with Crippen LogP contribution in [0.15, 0.2) is 42.9 Å². The van der Waals surface area contributed by atoms with Crippen LogP contribution in [-0.2, 0) is 10.9 Å². The van der Waals surface area contributed by atoms with Crippen LogP contribution in [0.5, 0.6) is 0 Å². The van der Waals surface area contributed by atoms with E-state index in [0.717, 1.165) is 18.3 Å². The van der Waals surface area contributed by atoms with Gasteiger partial charge in [-0.15, -0.1) is 0 Å². The third-order valence-electron chi connectivity index (χ3n) is 6.80. The van der Waals surface area contributed by atoms with Crippen molar-refractivity contribution in [3.8, 4) is 0 Å². The quantitative estimate of drug-likeness (QED) is 0.346. The van der Waals surface area contributed by atoms with Gasteiger partial charge in [0.2, 0.25) is 0 Å². The Balaban J connectivity index is 1.45. The summed E-state index contributed by atoms with van der Waals surface area (Å²) in [5.41, 5.74) is 6.84. The number of morpholine rings is 1. The maximum Gasteiger partial charge on any atom is 0.417 e. The number of alkyl halides is 3. The van der Waals surface area contributed by atoms with Gasteiger partial charge in [0.15, 0.2) is 0 Å². The van der Waals surface area contributed by atoms with E-state index in [9.17, 15) is 18.0 Å². The van der Waals surface area contributed by atoms with E-state index in [1.54, 1.807) is 24.4 Å². The highest BCUT2D eigenvalue weighted by atomic mass is 19.4. The zero-order valence-electron chi connectivity index (χ0n) is 20.2. The van der Waals surface area contributed by atoms with Crippen LogP contribution >= 0.6 is 0 Å². The molecule has 1 fully saturated rings. The topological polar surface area (TPSA) is 103 Å². The monoisotopic (exact) mass is 527 g/mol. The van der Waals surface area contributed by atoms with Crippen molar-refractivity contribution in [1.82, 2.24) is 28.7 Å². The number of carbonyl (C=O) groups is 1. The lowest BCUT2D eigenvalue weighted by Crippen LogP contribution is -2.49. The van der Waals surface area contributed by atoms with E-state index in [0.29, 0.717) is 22.6 Å². The molecule has 13 heteroatoms. The first-order valence-corrected chi connectivity index (χ1v) is 11.7. The smallest absolute Gasteiger partial charge is 0.382 e. The van der Waals surface area contributed by atoms with Gasteiger partial charge in [-0.25, -0.2) is 19.3 Å². The molecule has 1 amide bonds. The van der Waals surface area contributed by atoms with Gasteiger partial charge in [-0.3, -0.25) is 9.20 Å². The molecule has 0 aliphatic carbocycles. The van der Waals surface area contributed by atoms with E-state index in [1.165, 1.54) is 27.6 Å². The molecule has 6 rings (SSSR count). The first-order chi connectivity index (χ1) is 18.0. The summed E-state index contributed by atoms with van der Waals surface area (Å²) < 4.78 is 63.6. The van der Waals surface area contributed by atoms with Crippen LogP contribution in [0.25, 0.3) is 22.2 Å². The highest BCUT2D eigenvalue weighted by Crippen LogP contribution is 2.33. The number of hydrogen-bond acceptors (Lipinski definition) is 6. The molecule has 1 unspecified atom stereocenters. The van der Waals surface area contributed by atoms with Crippen LogP contribution in [0.1, 0.15) is 40.4 Å². The number of anilines is 1. The van der Waals surface area contributed by atoms with Gasteiger partial charge >= 0.3 is 6.18 Å². The average Bonchev–Trinajstić information content (AvgIpc) is 3.46. The number of carbonyl (C=O) groups excluding carboxylic acids is 1. The summed E-state index contributed by atoms with van der Waals surface area (Å²) in [6.07, 6.45) is -0.602. The highest BCUT2D eigenvalue weighted by Gasteiger charge is 2.37. The fraction of sp³-hybridized carbons (Fsp3) is 0.280. The molecule has 1 saturated heterocycles. The zero-order chi connectivity index (χ0) is 26.9. The number of halogens is 4. The lowest BCUT2D eigenvalue weighted by atomic mass is 10.0. The Bertz CT molecular complexity index is 1740. The van der Waals surface area contributed by atoms with Gasteiger partial charge in [0, 0.05) is 18.5 Å². The molecular formula is C25H21F4N7O2. The van der Waals surface area contributed by atoms with Crippen LogP contribution < -0.4 is 5.73 Å². The van der Waals surface area contributed by atoms with Gasteiger partial charge in [-0.1, -0.05) is 0 Å². The van der Waals surface area contributed by atoms with Crippen molar-refractivity contribution in [2.45, 2.75) is 32.1 Å². The summed E-state index contributed by atoms with van der Waals surface area (Å²) in [6.45, 7) is 3.75. The molecule has 9 nitrogen and oxygen atoms in total. The molecule has 5 aromatic rings. The number of imidazole rings is 2. The molecule has 0 bridgehead atoms. The summed E-state index contributed by atoms with van der Waals surface area (Å²) in [4.78, 5) is 28.3. The van der Waals surface area contributed by atoms with Crippen molar-refractivity contribution in [2.75, 3.05) is 18.9 Å². The fourth-order valence-electron chi connectivity index (χ4n) is 4.97. The molecule has 0 spiro atoms. The number of aryl methyl sites for hydroxylation is 1. The second kappa shape index (κ2) is 8.38. The Hall–Kier alpha value is -4.26. The molecule has 196 valence electrons. The Kier molecular flexibility index (Phi) is 5.31. The number of benzene rings is 1. The van der Waals surface area contributed by atoms with Crippen molar-refractivity contribution < 1.29 is 27.1 Å². The zero-order valence-corrected chi connectivity index (χ0v) is 20.2. The van der Waals surface area contributed by atoms with Crippen LogP contribution in [0.3, 0.4) is 0 Å². The summed E-state index contributed by atoms with van der Waals surface area (Å²) in [5, 5.41) is 0. The minimum Gasteiger partial charge on any atom is -0.382 e. The van der Waals surface area contributed by atoms with Crippen LogP contribution in [0, 0.1) is 12.7 Å². The largest absolute Gasteiger partial charge is 0.417 e. The first-order valence-electron chi connectivity index (χ1n) is 11.7. The SMILES string of the molecule is Cc1ncc2c(N)nc3cc(F)c(C(=O)N4C(C)COC[C@@H]4c4cn5cc(C(F)(F)F)ccc5n4)cc3n12. The van der Waals surface area contributed by atoms with Crippen molar-refractivity contribution in [3.05, 3.63) is 71.3 Å². The molecule has 0 radical (unpaired) electrons. The maximum atomic E-state index is 15.4. The average molecular weight is 527 g/mol. The fourth-order valence-corrected chi connectivity index (χ4v) is 4.97. The number of rotatable bonds is 2. The van der Waals surface area contributed by atoms with Crippen molar-refractivity contribution in [1.29, 1.82) is 0 Å². The third-order valence-corrected chi connectivity index (χ3v) is 6.80. The lowest BCUT2D eigenvalue weighted by molar-refractivity contribution is -0.137. The first kappa shape index (κ1) is 24.1. The van der Waals surface area contributed by atoms with Gasteiger partial charge in [0.25, 0.3) is 5.91 Å². The number of nitrogens with zero attached hydrogens (tertiary/aromatic N) is 6. The van der Waals surface area contributed by atoms with E-state index in [2.05, 4.69) is 15.0 Å². The van der Waals surface area contributed by atoms with Crippen LogP contribution in [0.4, 0.5) is 23.4 Å². The third kappa shape index (κ3) is 3.72. The number of pyridine rings is 1. The summed E-state index contributed by atoms with van der Waals surface area (Å²) >= 11 is 0. The van der Waals surface area contributed by atoms with E-state index < -0.39 is 35.5 Å². The molecular weight excluding hydrogens is 506 g/mol. The molecule has 2 atom stereocenters. The van der Waals surface area contributed by atoms with Gasteiger partial charge in [-0.2, -0.15) is 13.2 Å². The molecule has 1 aromatic carbocycles. The predicted octanol–water partition coefficient (Wildman–Crippen LogP) is 4.18. The number of aromatic nitrogens is 5. The van der Waals surface area contributed by atoms with E-state index in [4.69, 9.17) is 10.5 Å². The molecule has 2 N–H and O–H groups in total. The maximum absolute atomic E-state index is 15.4. The number of ether oxygens (including phenoxy) is 1. The van der Waals surface area contributed by atoms with Crippen molar-refractivity contribution >= 4 is 33.9 Å². The van der Waals surface area contributed by atoms with Crippen molar-refractivity contribution in [2.24, 2.45) is 0 Å². The number of amides is 1. The Morgan fingerprint density at radius 1 is 1.13 bits per heavy atom. The lowest BCUT2D eigenvalue weighted by Gasteiger charge is -2.39. The standard InChI is InChI=1S/C25H21F4N7O2/c1-12-10-38-11-21(18-9-34-8-14(25(27,28)29)3-4-22(34)32-18)35(12)24(37)15-5-19-17(6-16(15)26)33-23(30)20-7-31-13(2)36(19)20/h3-9,12,21H,10-11H2,1-2H3,(H2,30,33)/t12?,21-/m1/s1. The van der Waals surface area contributed by atoms with Gasteiger partial charge in [0.05, 0.1) is 59.3 Å². The van der Waals surface area contributed by atoms with Crippen molar-refractivity contribution in [3.63, 3.8) is 0 Å².